The van der Waals surface area contributed by atoms with Gasteiger partial charge in [0.25, 0.3) is 0 Å². The Kier molecular flexibility index (Phi) is 3.71. The summed E-state index contributed by atoms with van der Waals surface area (Å²) in [5.74, 6) is 0.381. The number of halogens is 3. The van der Waals surface area contributed by atoms with E-state index in [1.54, 1.807) is 17.4 Å². The Hall–Kier alpha value is -1.82. The van der Waals surface area contributed by atoms with Crippen molar-refractivity contribution in [2.75, 3.05) is 18.0 Å². The van der Waals surface area contributed by atoms with E-state index in [0.717, 1.165) is 12.5 Å². The van der Waals surface area contributed by atoms with Gasteiger partial charge in [0, 0.05) is 18.0 Å². The maximum absolute atomic E-state index is 12.7. The predicted molar refractivity (Wildman–Crippen MR) is 78.4 cm³/mol. The molecule has 0 aromatic carbocycles. The topological polar surface area (TPSA) is 16.1 Å². The molecule has 0 amide bonds. The predicted octanol–water partition coefficient (Wildman–Crippen LogP) is 4.46. The number of alkyl halides is 3. The van der Waals surface area contributed by atoms with Crippen molar-refractivity contribution >= 4 is 22.7 Å². The highest BCUT2D eigenvalue weighted by molar-refractivity contribution is 7.11. The van der Waals surface area contributed by atoms with Crippen molar-refractivity contribution in [1.29, 1.82) is 0 Å². The molecule has 3 heterocycles. The highest BCUT2D eigenvalue weighted by Gasteiger charge is 2.32. The average molecular weight is 310 g/mol. The van der Waals surface area contributed by atoms with Gasteiger partial charge in [-0.25, -0.2) is 4.98 Å². The van der Waals surface area contributed by atoms with Crippen molar-refractivity contribution < 1.29 is 13.2 Å². The van der Waals surface area contributed by atoms with Crippen LogP contribution in [0.15, 0.2) is 41.8 Å². The van der Waals surface area contributed by atoms with Crippen LogP contribution in [0.25, 0.3) is 5.57 Å². The lowest BCUT2D eigenvalue weighted by Gasteiger charge is -2.27. The van der Waals surface area contributed by atoms with Crippen molar-refractivity contribution in [1.82, 2.24) is 4.98 Å². The van der Waals surface area contributed by atoms with E-state index in [0.29, 0.717) is 18.9 Å². The molecule has 2 aromatic heterocycles. The van der Waals surface area contributed by atoms with Crippen molar-refractivity contribution in [2.45, 2.75) is 12.6 Å². The summed E-state index contributed by atoms with van der Waals surface area (Å²) in [5, 5.41) is 2.02. The highest BCUT2D eigenvalue weighted by atomic mass is 32.1. The minimum atomic E-state index is -4.40. The molecule has 0 saturated carbocycles. The molecule has 1 aliphatic heterocycles. The lowest BCUT2D eigenvalue weighted by atomic mass is 10.1. The Bertz CT molecular complexity index is 647. The largest absolute Gasteiger partial charge is 0.433 e. The Labute approximate surface area is 124 Å². The minimum absolute atomic E-state index is 0.381. The van der Waals surface area contributed by atoms with E-state index in [-0.39, 0.29) is 0 Å². The fourth-order valence-corrected chi connectivity index (χ4v) is 3.12. The van der Waals surface area contributed by atoms with Gasteiger partial charge in [-0.05, 0) is 35.6 Å². The van der Waals surface area contributed by atoms with Gasteiger partial charge in [-0.15, -0.1) is 11.3 Å². The first kappa shape index (κ1) is 14.1. The normalized spacial score (nSPS) is 16.0. The maximum atomic E-state index is 12.7. The number of hydrogen-bond acceptors (Lipinski definition) is 3. The van der Waals surface area contributed by atoms with Crippen LogP contribution in [0, 0.1) is 0 Å². The lowest BCUT2D eigenvalue weighted by Crippen LogP contribution is -2.29. The van der Waals surface area contributed by atoms with Gasteiger partial charge in [0.1, 0.15) is 11.5 Å². The molecular formula is C15H13F3N2S. The number of thiophene rings is 1. The summed E-state index contributed by atoms with van der Waals surface area (Å²) < 4.78 is 38.1. The van der Waals surface area contributed by atoms with Crippen molar-refractivity contribution in [3.63, 3.8) is 0 Å². The Balaban J connectivity index is 1.78. The molecule has 0 atom stereocenters. The summed E-state index contributed by atoms with van der Waals surface area (Å²) in [4.78, 5) is 6.83. The molecule has 2 aromatic rings. The number of anilines is 1. The number of aromatic nitrogens is 1. The molecule has 1 aliphatic rings. The summed E-state index contributed by atoms with van der Waals surface area (Å²) in [6.45, 7) is 1.26. The van der Waals surface area contributed by atoms with E-state index in [1.807, 2.05) is 16.3 Å². The summed E-state index contributed by atoms with van der Waals surface area (Å²) in [7, 11) is 0. The van der Waals surface area contributed by atoms with Crippen molar-refractivity contribution in [3.8, 4) is 0 Å². The van der Waals surface area contributed by atoms with E-state index in [2.05, 4.69) is 17.1 Å². The van der Waals surface area contributed by atoms with Gasteiger partial charge in [0.15, 0.2) is 0 Å². The zero-order chi connectivity index (χ0) is 14.9. The van der Waals surface area contributed by atoms with Crippen molar-refractivity contribution in [2.24, 2.45) is 0 Å². The molecule has 0 unspecified atom stereocenters. The Morgan fingerprint density at radius 1 is 1.14 bits per heavy atom. The van der Waals surface area contributed by atoms with E-state index >= 15 is 0 Å². The highest BCUT2D eigenvalue weighted by Crippen LogP contribution is 2.31. The third-order valence-corrected chi connectivity index (χ3v) is 4.34. The second-order valence-corrected chi connectivity index (χ2v) is 5.73. The average Bonchev–Trinajstić information content (AvgIpc) is 3.01. The van der Waals surface area contributed by atoms with Crippen molar-refractivity contribution in [3.05, 3.63) is 52.4 Å². The second kappa shape index (κ2) is 5.52. The molecule has 0 saturated heterocycles. The minimum Gasteiger partial charge on any atom is -0.353 e. The first-order valence-electron chi connectivity index (χ1n) is 6.56. The van der Waals surface area contributed by atoms with Gasteiger partial charge >= 0.3 is 6.18 Å². The van der Waals surface area contributed by atoms with E-state index < -0.39 is 11.9 Å². The molecule has 3 rings (SSSR count). The molecule has 0 N–H and O–H groups in total. The number of rotatable bonds is 2. The maximum Gasteiger partial charge on any atom is 0.433 e. The van der Waals surface area contributed by atoms with Gasteiger partial charge in [-0.1, -0.05) is 18.2 Å². The molecule has 0 aliphatic carbocycles. The molecule has 110 valence electrons. The zero-order valence-corrected chi connectivity index (χ0v) is 11.9. The van der Waals surface area contributed by atoms with Crippen LogP contribution in [0.3, 0.4) is 0 Å². The standard InChI is InChI=1S/C15H13F3N2S/c16-15(17,18)13-4-1-5-14(19-13)20-8-6-11(7-9-20)12-3-2-10-21-12/h1-6,10H,7-9H2. The quantitative estimate of drug-likeness (QED) is 0.814. The van der Waals surface area contributed by atoms with Crippen LogP contribution in [0.4, 0.5) is 19.0 Å². The van der Waals surface area contributed by atoms with Gasteiger partial charge in [0.2, 0.25) is 0 Å². The monoisotopic (exact) mass is 310 g/mol. The summed E-state index contributed by atoms with van der Waals surface area (Å²) in [5.41, 5.74) is 0.418. The number of hydrogen-bond donors (Lipinski definition) is 0. The van der Waals surface area contributed by atoms with Crippen LogP contribution >= 0.6 is 11.3 Å². The fraction of sp³-hybridized carbons (Fsp3) is 0.267. The van der Waals surface area contributed by atoms with Crippen LogP contribution in [-0.2, 0) is 6.18 Å². The second-order valence-electron chi connectivity index (χ2n) is 4.78. The molecule has 0 radical (unpaired) electrons. The Morgan fingerprint density at radius 3 is 2.62 bits per heavy atom. The van der Waals surface area contributed by atoms with Crippen LogP contribution in [0.1, 0.15) is 17.0 Å². The first-order chi connectivity index (χ1) is 10.0. The van der Waals surface area contributed by atoms with Crippen LogP contribution in [0.5, 0.6) is 0 Å². The Morgan fingerprint density at radius 2 is 2.00 bits per heavy atom. The summed E-state index contributed by atoms with van der Waals surface area (Å²) >= 11 is 1.68. The SMILES string of the molecule is FC(F)(F)c1cccc(N2CC=C(c3cccs3)CC2)n1. The number of pyridine rings is 1. The van der Waals surface area contributed by atoms with E-state index in [1.165, 1.54) is 16.5 Å². The molecule has 21 heavy (non-hydrogen) atoms. The van der Waals surface area contributed by atoms with Crippen LogP contribution < -0.4 is 4.90 Å². The van der Waals surface area contributed by atoms with Gasteiger partial charge in [-0.3, -0.25) is 0 Å². The van der Waals surface area contributed by atoms with Gasteiger partial charge < -0.3 is 4.90 Å². The molecular weight excluding hydrogens is 297 g/mol. The fourth-order valence-electron chi connectivity index (χ4n) is 2.32. The molecule has 6 heteroatoms. The van der Waals surface area contributed by atoms with Crippen LogP contribution in [-0.4, -0.2) is 18.1 Å². The summed E-state index contributed by atoms with van der Waals surface area (Å²) in [6.07, 6.45) is -1.51. The smallest absolute Gasteiger partial charge is 0.353 e. The van der Waals surface area contributed by atoms with Gasteiger partial charge in [0.05, 0.1) is 0 Å². The first-order valence-corrected chi connectivity index (χ1v) is 7.44. The van der Waals surface area contributed by atoms with E-state index in [4.69, 9.17) is 0 Å². The van der Waals surface area contributed by atoms with Gasteiger partial charge in [-0.2, -0.15) is 13.2 Å². The third-order valence-electron chi connectivity index (χ3n) is 3.40. The molecule has 0 fully saturated rings. The molecule has 0 spiro atoms. The molecule has 2 nitrogen and oxygen atoms in total. The van der Waals surface area contributed by atoms with Crippen LogP contribution in [0.2, 0.25) is 0 Å². The molecule has 0 bridgehead atoms. The van der Waals surface area contributed by atoms with E-state index in [9.17, 15) is 13.2 Å². The summed E-state index contributed by atoms with van der Waals surface area (Å²) in [6, 6.07) is 8.10. The zero-order valence-electron chi connectivity index (χ0n) is 11.1. The number of nitrogens with zero attached hydrogens (tertiary/aromatic N) is 2. The third kappa shape index (κ3) is 3.10. The lowest BCUT2D eigenvalue weighted by molar-refractivity contribution is -0.141.